The molecule has 1 saturated heterocycles. The van der Waals surface area contributed by atoms with Crippen LogP contribution in [0.25, 0.3) is 11.4 Å². The predicted octanol–water partition coefficient (Wildman–Crippen LogP) is 2.11. The normalized spacial score (nSPS) is 18.8. The molecule has 0 aliphatic carbocycles. The molecule has 1 aromatic carbocycles. The van der Waals surface area contributed by atoms with Crippen LogP contribution in [-0.4, -0.2) is 28.6 Å². The topological polar surface area (TPSA) is 80.0 Å². The van der Waals surface area contributed by atoms with Crippen molar-refractivity contribution in [1.82, 2.24) is 20.8 Å². The van der Waals surface area contributed by atoms with Gasteiger partial charge in [0, 0.05) is 5.56 Å². The molecule has 0 saturated carbocycles. The number of amides is 1. The summed E-state index contributed by atoms with van der Waals surface area (Å²) in [6, 6.07) is 4.21. The summed E-state index contributed by atoms with van der Waals surface area (Å²) in [7, 11) is 0. The molecule has 2 heterocycles. The number of benzene rings is 1. The van der Waals surface area contributed by atoms with E-state index in [0.29, 0.717) is 22.8 Å². The minimum atomic E-state index is -0.401. The number of hydrogen-bond donors (Lipinski definition) is 2. The van der Waals surface area contributed by atoms with Gasteiger partial charge in [0.2, 0.25) is 17.6 Å². The number of nitrogens with zero attached hydrogens (tertiary/aromatic N) is 2. The van der Waals surface area contributed by atoms with Crippen molar-refractivity contribution in [1.29, 1.82) is 0 Å². The molecule has 2 atom stereocenters. The van der Waals surface area contributed by atoms with Crippen molar-refractivity contribution in [3.63, 3.8) is 0 Å². The molecule has 23 heavy (non-hydrogen) atoms. The molecule has 2 unspecified atom stereocenters. The second kappa shape index (κ2) is 6.45. The fourth-order valence-electron chi connectivity index (χ4n) is 2.54. The molecular weight excluding hydrogens is 299 g/mol. The van der Waals surface area contributed by atoms with Crippen LogP contribution in [0.15, 0.2) is 22.7 Å². The lowest BCUT2D eigenvalue weighted by Crippen LogP contribution is -2.41. The molecule has 1 aromatic heterocycles. The second-order valence-corrected chi connectivity index (χ2v) is 5.80. The highest BCUT2D eigenvalue weighted by molar-refractivity contribution is 5.82. The number of halogens is 1. The SMILES string of the molecule is Cc1ccc(-c2noc(C(C)NC(=O)C3CCCN3)n2)cc1F. The third kappa shape index (κ3) is 3.39. The molecule has 7 heteroatoms. The van der Waals surface area contributed by atoms with E-state index in [-0.39, 0.29) is 17.8 Å². The molecule has 2 aromatic rings. The minimum absolute atomic E-state index is 0.0730. The highest BCUT2D eigenvalue weighted by atomic mass is 19.1. The van der Waals surface area contributed by atoms with Crippen molar-refractivity contribution in [2.75, 3.05) is 6.54 Å². The third-order valence-corrected chi connectivity index (χ3v) is 3.98. The summed E-state index contributed by atoms with van der Waals surface area (Å²) in [5.74, 6) is 0.213. The van der Waals surface area contributed by atoms with Gasteiger partial charge in [-0.05, 0) is 44.9 Å². The lowest BCUT2D eigenvalue weighted by Gasteiger charge is -2.14. The van der Waals surface area contributed by atoms with Crippen molar-refractivity contribution in [2.45, 2.75) is 38.8 Å². The number of carbonyl (C=O) groups is 1. The number of hydrogen-bond acceptors (Lipinski definition) is 5. The van der Waals surface area contributed by atoms with Gasteiger partial charge in [0.05, 0.1) is 6.04 Å². The minimum Gasteiger partial charge on any atom is -0.343 e. The van der Waals surface area contributed by atoms with Crippen LogP contribution in [-0.2, 0) is 4.79 Å². The van der Waals surface area contributed by atoms with Gasteiger partial charge >= 0.3 is 0 Å². The highest BCUT2D eigenvalue weighted by Crippen LogP contribution is 2.21. The second-order valence-electron chi connectivity index (χ2n) is 5.80. The summed E-state index contributed by atoms with van der Waals surface area (Å²) < 4.78 is 18.8. The van der Waals surface area contributed by atoms with Crippen LogP contribution in [0.5, 0.6) is 0 Å². The monoisotopic (exact) mass is 318 g/mol. The van der Waals surface area contributed by atoms with Crippen LogP contribution in [0, 0.1) is 12.7 Å². The maximum Gasteiger partial charge on any atom is 0.249 e. The van der Waals surface area contributed by atoms with E-state index in [4.69, 9.17) is 4.52 Å². The van der Waals surface area contributed by atoms with Gasteiger partial charge in [-0.3, -0.25) is 4.79 Å². The van der Waals surface area contributed by atoms with Gasteiger partial charge in [0.1, 0.15) is 11.9 Å². The van der Waals surface area contributed by atoms with Crippen molar-refractivity contribution in [2.24, 2.45) is 0 Å². The zero-order valence-electron chi connectivity index (χ0n) is 13.1. The number of aryl methyl sites for hydroxylation is 1. The van der Waals surface area contributed by atoms with Gasteiger partial charge < -0.3 is 15.2 Å². The van der Waals surface area contributed by atoms with Crippen LogP contribution in [0.1, 0.15) is 37.3 Å². The van der Waals surface area contributed by atoms with Gasteiger partial charge in [-0.15, -0.1) is 0 Å². The summed E-state index contributed by atoms with van der Waals surface area (Å²) >= 11 is 0. The van der Waals surface area contributed by atoms with E-state index in [1.807, 2.05) is 0 Å². The largest absolute Gasteiger partial charge is 0.343 e. The Labute approximate surface area is 133 Å². The van der Waals surface area contributed by atoms with E-state index in [9.17, 15) is 9.18 Å². The molecule has 0 spiro atoms. The van der Waals surface area contributed by atoms with Crippen LogP contribution < -0.4 is 10.6 Å². The Balaban J connectivity index is 1.70. The fraction of sp³-hybridized carbons (Fsp3) is 0.438. The highest BCUT2D eigenvalue weighted by Gasteiger charge is 2.25. The number of carbonyl (C=O) groups excluding carboxylic acids is 1. The molecule has 1 aliphatic rings. The van der Waals surface area contributed by atoms with E-state index < -0.39 is 6.04 Å². The molecule has 3 rings (SSSR count). The van der Waals surface area contributed by atoms with E-state index in [2.05, 4.69) is 20.8 Å². The number of rotatable bonds is 4. The van der Waals surface area contributed by atoms with Crippen molar-refractivity contribution < 1.29 is 13.7 Å². The molecule has 6 nitrogen and oxygen atoms in total. The zero-order valence-corrected chi connectivity index (χ0v) is 13.1. The molecular formula is C16H19FN4O2. The van der Waals surface area contributed by atoms with E-state index in [1.54, 1.807) is 26.0 Å². The van der Waals surface area contributed by atoms with Crippen LogP contribution >= 0.6 is 0 Å². The Morgan fingerprint density at radius 3 is 3.04 bits per heavy atom. The maximum atomic E-state index is 13.6. The quantitative estimate of drug-likeness (QED) is 0.902. The van der Waals surface area contributed by atoms with Crippen LogP contribution in [0.4, 0.5) is 4.39 Å². The standard InChI is InChI=1S/C16H19FN4O2/c1-9-5-6-11(8-12(9)17)14-20-16(23-21-14)10(2)19-15(22)13-4-3-7-18-13/h5-6,8,10,13,18H,3-4,7H2,1-2H3,(H,19,22). The van der Waals surface area contributed by atoms with Crippen molar-refractivity contribution in [3.8, 4) is 11.4 Å². The maximum absolute atomic E-state index is 13.6. The summed E-state index contributed by atoms with van der Waals surface area (Å²) in [5.41, 5.74) is 1.10. The summed E-state index contributed by atoms with van der Waals surface area (Å²) in [4.78, 5) is 16.3. The Morgan fingerprint density at radius 2 is 2.35 bits per heavy atom. The average molecular weight is 318 g/mol. The molecule has 0 bridgehead atoms. The summed E-state index contributed by atoms with van der Waals surface area (Å²) in [5, 5.41) is 9.85. The first-order valence-electron chi connectivity index (χ1n) is 7.68. The summed E-state index contributed by atoms with van der Waals surface area (Å²) in [6.07, 6.45) is 1.83. The number of nitrogens with one attached hydrogen (secondary N) is 2. The van der Waals surface area contributed by atoms with Gasteiger partial charge in [0.15, 0.2) is 0 Å². The summed E-state index contributed by atoms with van der Waals surface area (Å²) in [6.45, 7) is 4.32. The Kier molecular flexibility index (Phi) is 4.38. The Morgan fingerprint density at radius 1 is 1.52 bits per heavy atom. The molecule has 0 radical (unpaired) electrons. The lowest BCUT2D eigenvalue weighted by atomic mass is 10.1. The molecule has 1 aliphatic heterocycles. The first-order valence-corrected chi connectivity index (χ1v) is 7.68. The van der Waals surface area contributed by atoms with Crippen LogP contribution in [0.3, 0.4) is 0 Å². The average Bonchev–Trinajstić information content (AvgIpc) is 3.21. The van der Waals surface area contributed by atoms with Crippen LogP contribution in [0.2, 0.25) is 0 Å². The lowest BCUT2D eigenvalue weighted by molar-refractivity contribution is -0.123. The van der Waals surface area contributed by atoms with Gasteiger partial charge in [-0.25, -0.2) is 4.39 Å². The predicted molar refractivity (Wildman–Crippen MR) is 82.0 cm³/mol. The molecule has 1 amide bonds. The van der Waals surface area contributed by atoms with Gasteiger partial charge in [-0.1, -0.05) is 17.3 Å². The van der Waals surface area contributed by atoms with E-state index >= 15 is 0 Å². The Hall–Kier alpha value is -2.28. The molecule has 1 fully saturated rings. The van der Waals surface area contributed by atoms with Crippen molar-refractivity contribution in [3.05, 3.63) is 35.5 Å². The fourth-order valence-corrected chi connectivity index (χ4v) is 2.54. The van der Waals surface area contributed by atoms with Gasteiger partial charge in [0.25, 0.3) is 0 Å². The zero-order chi connectivity index (χ0) is 16.4. The molecule has 122 valence electrons. The van der Waals surface area contributed by atoms with Crippen molar-refractivity contribution >= 4 is 5.91 Å². The Bertz CT molecular complexity index is 710. The third-order valence-electron chi connectivity index (χ3n) is 3.98. The first-order chi connectivity index (χ1) is 11.0. The number of aromatic nitrogens is 2. The van der Waals surface area contributed by atoms with E-state index in [1.165, 1.54) is 6.07 Å². The van der Waals surface area contributed by atoms with E-state index in [0.717, 1.165) is 19.4 Å². The molecule has 2 N–H and O–H groups in total. The van der Waals surface area contributed by atoms with Gasteiger partial charge in [-0.2, -0.15) is 4.98 Å². The smallest absolute Gasteiger partial charge is 0.249 e. The first kappa shape index (κ1) is 15.6.